The van der Waals surface area contributed by atoms with Gasteiger partial charge in [-0.05, 0) is 43.7 Å². The number of carbonyl (C=O) groups is 2. The molecule has 0 bridgehead atoms. The van der Waals surface area contributed by atoms with Crippen molar-refractivity contribution in [2.75, 3.05) is 25.5 Å². The van der Waals surface area contributed by atoms with Crippen molar-refractivity contribution in [2.45, 2.75) is 13.8 Å². The van der Waals surface area contributed by atoms with Crippen LogP contribution in [0.2, 0.25) is 0 Å². The topological polar surface area (TPSA) is 109 Å². The first-order valence-corrected chi connectivity index (χ1v) is 8.72. The molecule has 0 unspecified atom stereocenters. The van der Waals surface area contributed by atoms with Crippen LogP contribution in [-0.4, -0.2) is 36.9 Å². The normalized spacial score (nSPS) is 11.4. The van der Waals surface area contributed by atoms with Crippen molar-refractivity contribution in [2.24, 2.45) is 5.73 Å². The van der Waals surface area contributed by atoms with Gasteiger partial charge in [-0.3, -0.25) is 14.6 Å². The number of aromatic nitrogens is 1. The van der Waals surface area contributed by atoms with Crippen LogP contribution in [0, 0.1) is 6.92 Å². The Kier molecular flexibility index (Phi) is 6.93. The lowest BCUT2D eigenvalue weighted by molar-refractivity contribution is -0.117. The number of pyridine rings is 1. The molecule has 27 heavy (non-hydrogen) atoms. The molecule has 1 aromatic carbocycles. The maximum absolute atomic E-state index is 12.7. The fourth-order valence-corrected chi connectivity index (χ4v) is 2.68. The number of likely N-dealkylation sites (N-methyl/N-ethyl adjacent to an activating group) is 1. The van der Waals surface area contributed by atoms with Gasteiger partial charge in [0.2, 0.25) is 0 Å². The van der Waals surface area contributed by atoms with E-state index in [1.807, 2.05) is 26.0 Å². The maximum atomic E-state index is 12.7. The zero-order valence-corrected chi connectivity index (χ0v) is 15.8. The van der Waals surface area contributed by atoms with Crippen molar-refractivity contribution in [1.29, 1.82) is 0 Å². The van der Waals surface area contributed by atoms with Gasteiger partial charge in [0.05, 0.1) is 12.1 Å². The third-order valence-corrected chi connectivity index (χ3v) is 4.19. The van der Waals surface area contributed by atoms with Gasteiger partial charge in [-0.25, -0.2) is 0 Å². The zero-order chi connectivity index (χ0) is 19.8. The monoisotopic (exact) mass is 367 g/mol. The highest BCUT2D eigenvalue weighted by atomic mass is 16.2. The smallest absolute Gasteiger partial charge is 0.251 e. The number of hydrogen-bond donors (Lipinski definition) is 4. The molecule has 142 valence electrons. The molecule has 0 fully saturated rings. The van der Waals surface area contributed by atoms with E-state index < -0.39 is 0 Å². The standard InChI is InChI=1S/C20H25N5O2/c1-4-24-17-7-5-6-15(13(17)2)20(27)25-12-16(19(26)22-3)18(21)14-8-10-23-11-9-14/h5-11,24H,4,12,21H2,1-3H3,(H,22,26)(H,25,27)/b18-16-. The molecule has 0 atom stereocenters. The summed E-state index contributed by atoms with van der Waals surface area (Å²) in [4.78, 5) is 28.9. The number of nitrogens with two attached hydrogens (primary N) is 1. The molecule has 7 nitrogen and oxygen atoms in total. The second-order valence-corrected chi connectivity index (χ2v) is 5.90. The molecule has 0 spiro atoms. The molecule has 1 aromatic heterocycles. The molecular formula is C20H25N5O2. The van der Waals surface area contributed by atoms with Crippen LogP contribution in [0.15, 0.2) is 48.3 Å². The molecule has 0 saturated heterocycles. The number of nitrogens with zero attached hydrogens (tertiary/aromatic N) is 1. The summed E-state index contributed by atoms with van der Waals surface area (Å²) in [6.07, 6.45) is 3.19. The van der Waals surface area contributed by atoms with E-state index in [-0.39, 0.29) is 23.9 Å². The van der Waals surface area contributed by atoms with Crippen LogP contribution in [-0.2, 0) is 4.79 Å². The van der Waals surface area contributed by atoms with Crippen LogP contribution < -0.4 is 21.7 Å². The van der Waals surface area contributed by atoms with Crippen molar-refractivity contribution in [3.63, 3.8) is 0 Å². The van der Waals surface area contributed by atoms with Gasteiger partial charge in [-0.1, -0.05) is 6.07 Å². The molecule has 1 heterocycles. The Labute approximate surface area is 159 Å². The Hall–Kier alpha value is -3.35. The highest BCUT2D eigenvalue weighted by Crippen LogP contribution is 2.19. The molecular weight excluding hydrogens is 342 g/mol. The predicted octanol–water partition coefficient (Wildman–Crippen LogP) is 1.67. The summed E-state index contributed by atoms with van der Waals surface area (Å²) in [5.74, 6) is -0.612. The van der Waals surface area contributed by atoms with Crippen molar-refractivity contribution < 1.29 is 9.59 Å². The fraction of sp³-hybridized carbons (Fsp3) is 0.250. The maximum Gasteiger partial charge on any atom is 0.251 e. The van der Waals surface area contributed by atoms with Gasteiger partial charge in [-0.2, -0.15) is 0 Å². The Morgan fingerprint density at radius 2 is 1.85 bits per heavy atom. The minimum absolute atomic E-state index is 0.0114. The number of amides is 2. The van der Waals surface area contributed by atoms with E-state index >= 15 is 0 Å². The summed E-state index contributed by atoms with van der Waals surface area (Å²) in [6, 6.07) is 8.92. The van der Waals surface area contributed by atoms with Crippen LogP contribution in [0.25, 0.3) is 5.70 Å². The summed E-state index contributed by atoms with van der Waals surface area (Å²) in [7, 11) is 1.52. The van der Waals surface area contributed by atoms with Gasteiger partial charge in [0.1, 0.15) is 0 Å². The minimum atomic E-state index is -0.345. The fourth-order valence-electron chi connectivity index (χ4n) is 2.68. The van der Waals surface area contributed by atoms with Crippen molar-refractivity contribution >= 4 is 23.2 Å². The Balaban J connectivity index is 2.24. The number of anilines is 1. The average molecular weight is 367 g/mol. The first-order chi connectivity index (χ1) is 13.0. The van der Waals surface area contributed by atoms with Crippen molar-refractivity contribution in [1.82, 2.24) is 15.6 Å². The molecule has 0 aliphatic carbocycles. The number of carbonyl (C=O) groups excluding carboxylic acids is 2. The van der Waals surface area contributed by atoms with E-state index in [9.17, 15) is 9.59 Å². The van der Waals surface area contributed by atoms with Crippen molar-refractivity contribution in [3.8, 4) is 0 Å². The Morgan fingerprint density at radius 3 is 2.48 bits per heavy atom. The van der Waals surface area contributed by atoms with E-state index in [0.717, 1.165) is 17.8 Å². The Morgan fingerprint density at radius 1 is 1.15 bits per heavy atom. The number of benzene rings is 1. The SMILES string of the molecule is CCNc1cccc(C(=O)NC/C(C(=O)NC)=C(/N)c2ccncc2)c1C. The number of hydrogen-bond acceptors (Lipinski definition) is 5. The molecule has 0 aliphatic heterocycles. The van der Waals surface area contributed by atoms with E-state index in [2.05, 4.69) is 20.9 Å². The van der Waals surface area contributed by atoms with Crippen LogP contribution in [0.5, 0.6) is 0 Å². The molecule has 2 aromatic rings. The zero-order valence-electron chi connectivity index (χ0n) is 15.8. The molecule has 5 N–H and O–H groups in total. The third kappa shape index (κ3) is 4.84. The van der Waals surface area contributed by atoms with Crippen LogP contribution in [0.3, 0.4) is 0 Å². The summed E-state index contributed by atoms with van der Waals surface area (Å²) >= 11 is 0. The van der Waals surface area contributed by atoms with E-state index in [1.54, 1.807) is 30.6 Å². The van der Waals surface area contributed by atoms with Gasteiger partial charge in [0.25, 0.3) is 11.8 Å². The molecule has 0 saturated carbocycles. The number of rotatable bonds is 7. The van der Waals surface area contributed by atoms with E-state index in [4.69, 9.17) is 5.73 Å². The lowest BCUT2D eigenvalue weighted by Gasteiger charge is -2.15. The summed E-state index contributed by atoms with van der Waals surface area (Å²) in [6.45, 7) is 4.65. The highest BCUT2D eigenvalue weighted by molar-refractivity contribution is 6.03. The Bertz CT molecular complexity index is 847. The predicted molar refractivity (Wildman–Crippen MR) is 107 cm³/mol. The van der Waals surface area contributed by atoms with Crippen LogP contribution in [0.4, 0.5) is 5.69 Å². The quantitative estimate of drug-likeness (QED) is 0.557. The lowest BCUT2D eigenvalue weighted by atomic mass is 10.0. The average Bonchev–Trinajstić information content (AvgIpc) is 2.69. The van der Waals surface area contributed by atoms with Crippen LogP contribution in [0.1, 0.15) is 28.4 Å². The van der Waals surface area contributed by atoms with E-state index in [1.165, 1.54) is 7.05 Å². The van der Waals surface area contributed by atoms with Gasteiger partial charge < -0.3 is 21.7 Å². The summed E-state index contributed by atoms with van der Waals surface area (Å²) in [5, 5.41) is 8.58. The third-order valence-electron chi connectivity index (χ3n) is 4.19. The summed E-state index contributed by atoms with van der Waals surface area (Å²) in [5.41, 5.74) is 9.73. The largest absolute Gasteiger partial charge is 0.398 e. The first-order valence-electron chi connectivity index (χ1n) is 8.72. The lowest BCUT2D eigenvalue weighted by Crippen LogP contribution is -2.33. The van der Waals surface area contributed by atoms with Gasteiger partial charge >= 0.3 is 0 Å². The first kappa shape index (κ1) is 20.0. The molecule has 2 amide bonds. The molecule has 2 rings (SSSR count). The minimum Gasteiger partial charge on any atom is -0.398 e. The van der Waals surface area contributed by atoms with Gasteiger partial charge in [0, 0.05) is 48.5 Å². The van der Waals surface area contributed by atoms with Crippen molar-refractivity contribution in [3.05, 3.63) is 65.0 Å². The second kappa shape index (κ2) is 9.38. The molecule has 0 radical (unpaired) electrons. The van der Waals surface area contributed by atoms with Gasteiger partial charge in [0.15, 0.2) is 0 Å². The summed E-state index contributed by atoms with van der Waals surface area (Å²) < 4.78 is 0. The second-order valence-electron chi connectivity index (χ2n) is 5.90. The van der Waals surface area contributed by atoms with Crippen LogP contribution >= 0.6 is 0 Å². The van der Waals surface area contributed by atoms with E-state index in [0.29, 0.717) is 16.8 Å². The van der Waals surface area contributed by atoms with Gasteiger partial charge in [-0.15, -0.1) is 0 Å². The highest BCUT2D eigenvalue weighted by Gasteiger charge is 2.17. The molecule has 7 heteroatoms. The molecule has 0 aliphatic rings. The number of nitrogens with one attached hydrogen (secondary N) is 3.